The minimum absolute atomic E-state index is 0.112. The van der Waals surface area contributed by atoms with Gasteiger partial charge in [0.05, 0.1) is 23.0 Å². The second kappa shape index (κ2) is 8.14. The maximum atomic E-state index is 13.2. The second-order valence-corrected chi connectivity index (χ2v) is 8.55. The molecule has 0 aliphatic carbocycles. The molecule has 0 spiro atoms. The Morgan fingerprint density at radius 2 is 1.79 bits per heavy atom. The molecule has 0 saturated heterocycles. The molecule has 0 fully saturated rings. The zero-order valence-electron chi connectivity index (χ0n) is 15.9. The van der Waals surface area contributed by atoms with E-state index in [0.29, 0.717) is 5.56 Å². The predicted molar refractivity (Wildman–Crippen MR) is 106 cm³/mol. The Morgan fingerprint density at radius 3 is 2.34 bits per heavy atom. The molecule has 1 aliphatic rings. The molecule has 9 heteroatoms. The molecule has 0 aromatic heterocycles. The molecule has 0 saturated carbocycles. The number of benzene rings is 2. The summed E-state index contributed by atoms with van der Waals surface area (Å²) in [7, 11) is -2.65. The zero-order valence-corrected chi connectivity index (χ0v) is 16.7. The first-order valence-corrected chi connectivity index (χ1v) is 10.3. The van der Waals surface area contributed by atoms with Crippen molar-refractivity contribution in [1.29, 1.82) is 0 Å². The standard InChI is InChI=1S/C20H20N2O6S/c1-14-5-11-17(12-6-14)29(26,27)21-13-3-4-18(21)19(20(23)28-2)15-7-9-16(10-8-15)22(24)25/h3-12,18-19H,13H2,1-2H3/t18-,19-/m1/s1. The van der Waals surface area contributed by atoms with E-state index in [2.05, 4.69) is 0 Å². The number of nitro groups is 1. The van der Waals surface area contributed by atoms with E-state index >= 15 is 0 Å². The van der Waals surface area contributed by atoms with Crippen LogP contribution in [0, 0.1) is 17.0 Å². The normalized spacial score (nSPS) is 17.8. The highest BCUT2D eigenvalue weighted by Crippen LogP contribution is 2.33. The molecule has 2 atom stereocenters. The number of sulfonamides is 1. The number of nitrogens with zero attached hydrogens (tertiary/aromatic N) is 2. The van der Waals surface area contributed by atoms with Crippen molar-refractivity contribution < 1.29 is 22.9 Å². The topological polar surface area (TPSA) is 107 Å². The van der Waals surface area contributed by atoms with E-state index in [1.807, 2.05) is 6.92 Å². The van der Waals surface area contributed by atoms with Crippen LogP contribution in [0.3, 0.4) is 0 Å². The number of nitro benzene ring substituents is 1. The van der Waals surface area contributed by atoms with Crippen molar-refractivity contribution in [3.05, 3.63) is 81.9 Å². The molecule has 2 aromatic carbocycles. The van der Waals surface area contributed by atoms with Gasteiger partial charge >= 0.3 is 5.97 Å². The van der Waals surface area contributed by atoms with E-state index in [1.165, 1.54) is 47.8 Å². The summed E-state index contributed by atoms with van der Waals surface area (Å²) in [6.45, 7) is 1.97. The Labute approximate surface area is 168 Å². The number of methoxy groups -OCH3 is 1. The van der Waals surface area contributed by atoms with Gasteiger partial charge in [0.2, 0.25) is 10.0 Å². The van der Waals surface area contributed by atoms with Crippen LogP contribution in [0.15, 0.2) is 65.6 Å². The van der Waals surface area contributed by atoms with Gasteiger partial charge in [-0.05, 0) is 24.6 Å². The first-order valence-electron chi connectivity index (χ1n) is 8.83. The number of non-ortho nitro benzene ring substituents is 1. The summed E-state index contributed by atoms with van der Waals surface area (Å²) in [5, 5.41) is 10.9. The number of carbonyl (C=O) groups is 1. The lowest BCUT2D eigenvalue weighted by molar-refractivity contribution is -0.384. The third kappa shape index (κ3) is 4.06. The van der Waals surface area contributed by atoms with Crippen LogP contribution in [0.2, 0.25) is 0 Å². The Hall–Kier alpha value is -3.04. The first kappa shape index (κ1) is 20.7. The molecule has 29 heavy (non-hydrogen) atoms. The number of aryl methyl sites for hydroxylation is 1. The number of rotatable bonds is 6. The minimum Gasteiger partial charge on any atom is -0.468 e. The highest BCUT2D eigenvalue weighted by atomic mass is 32.2. The average Bonchev–Trinajstić information content (AvgIpc) is 3.19. The zero-order chi connectivity index (χ0) is 21.2. The maximum Gasteiger partial charge on any atom is 0.315 e. The van der Waals surface area contributed by atoms with Crippen molar-refractivity contribution in [3.63, 3.8) is 0 Å². The third-order valence-corrected chi connectivity index (χ3v) is 6.72. The molecule has 0 unspecified atom stereocenters. The van der Waals surface area contributed by atoms with Crippen LogP contribution in [-0.2, 0) is 19.6 Å². The van der Waals surface area contributed by atoms with Crippen LogP contribution >= 0.6 is 0 Å². The van der Waals surface area contributed by atoms with Crippen molar-refractivity contribution >= 4 is 21.7 Å². The molecule has 0 radical (unpaired) electrons. The molecule has 0 N–H and O–H groups in total. The summed E-state index contributed by atoms with van der Waals surface area (Å²) in [6.07, 6.45) is 3.33. The van der Waals surface area contributed by atoms with Crippen molar-refractivity contribution in [3.8, 4) is 0 Å². The average molecular weight is 416 g/mol. The van der Waals surface area contributed by atoms with E-state index < -0.39 is 32.9 Å². The van der Waals surface area contributed by atoms with Gasteiger partial charge in [-0.25, -0.2) is 8.42 Å². The van der Waals surface area contributed by atoms with Gasteiger partial charge in [0.25, 0.3) is 5.69 Å². The van der Waals surface area contributed by atoms with Gasteiger partial charge in [0.1, 0.15) is 5.92 Å². The number of hydrogen-bond acceptors (Lipinski definition) is 6. The highest BCUT2D eigenvalue weighted by molar-refractivity contribution is 7.89. The third-order valence-electron chi connectivity index (χ3n) is 4.84. The first-order chi connectivity index (χ1) is 13.8. The van der Waals surface area contributed by atoms with E-state index in [1.54, 1.807) is 24.3 Å². The molecule has 8 nitrogen and oxygen atoms in total. The number of ether oxygens (including phenoxy) is 1. The summed E-state index contributed by atoms with van der Waals surface area (Å²) in [5.41, 5.74) is 1.24. The van der Waals surface area contributed by atoms with Crippen molar-refractivity contribution in [2.75, 3.05) is 13.7 Å². The highest BCUT2D eigenvalue weighted by Gasteiger charge is 2.41. The Bertz CT molecular complexity index is 1050. The van der Waals surface area contributed by atoms with Crippen LogP contribution in [0.25, 0.3) is 0 Å². The molecule has 0 amide bonds. The summed E-state index contributed by atoms with van der Waals surface area (Å²) in [5.74, 6) is -1.58. The van der Waals surface area contributed by atoms with Crippen molar-refractivity contribution in [2.24, 2.45) is 0 Å². The van der Waals surface area contributed by atoms with Gasteiger partial charge in [-0.15, -0.1) is 0 Å². The Kier molecular flexibility index (Phi) is 5.81. The Morgan fingerprint density at radius 1 is 1.17 bits per heavy atom. The van der Waals surface area contributed by atoms with Crippen LogP contribution in [-0.4, -0.2) is 43.3 Å². The lowest BCUT2D eigenvalue weighted by Crippen LogP contribution is -2.42. The lowest BCUT2D eigenvalue weighted by atomic mass is 9.92. The summed E-state index contributed by atoms with van der Waals surface area (Å²) < 4.78 is 32.5. The van der Waals surface area contributed by atoms with Gasteiger partial charge in [-0.2, -0.15) is 4.31 Å². The minimum atomic E-state index is -3.87. The molecule has 3 rings (SSSR count). The molecule has 1 aliphatic heterocycles. The summed E-state index contributed by atoms with van der Waals surface area (Å²) in [4.78, 5) is 23.1. The van der Waals surface area contributed by atoms with Crippen LogP contribution in [0.5, 0.6) is 0 Å². The van der Waals surface area contributed by atoms with Crippen molar-refractivity contribution in [2.45, 2.75) is 23.8 Å². The predicted octanol–water partition coefficient (Wildman–Crippen LogP) is 2.79. The largest absolute Gasteiger partial charge is 0.468 e. The van der Waals surface area contributed by atoms with Crippen LogP contribution in [0.1, 0.15) is 17.0 Å². The maximum absolute atomic E-state index is 13.2. The van der Waals surface area contributed by atoms with Crippen LogP contribution < -0.4 is 0 Å². The van der Waals surface area contributed by atoms with E-state index in [4.69, 9.17) is 4.74 Å². The van der Waals surface area contributed by atoms with E-state index in [0.717, 1.165) is 5.56 Å². The quantitative estimate of drug-likeness (QED) is 0.310. The fraction of sp³-hybridized carbons (Fsp3) is 0.250. The van der Waals surface area contributed by atoms with Gasteiger partial charge < -0.3 is 4.74 Å². The number of carbonyl (C=O) groups excluding carboxylic acids is 1. The van der Waals surface area contributed by atoms with Crippen molar-refractivity contribution in [1.82, 2.24) is 4.31 Å². The molecule has 1 heterocycles. The monoisotopic (exact) mass is 416 g/mol. The van der Waals surface area contributed by atoms with Crippen LogP contribution in [0.4, 0.5) is 5.69 Å². The fourth-order valence-electron chi connectivity index (χ4n) is 3.31. The SMILES string of the molecule is COC(=O)[C@H](c1ccc([N+](=O)[O-])cc1)[C@H]1C=CCN1S(=O)(=O)c1ccc(C)cc1. The fourth-order valence-corrected chi connectivity index (χ4v) is 4.85. The number of hydrogen-bond donors (Lipinski definition) is 0. The molecule has 152 valence electrons. The molecular weight excluding hydrogens is 396 g/mol. The van der Waals surface area contributed by atoms with Gasteiger partial charge in [-0.3, -0.25) is 14.9 Å². The van der Waals surface area contributed by atoms with Gasteiger partial charge in [-0.1, -0.05) is 42.0 Å². The summed E-state index contributed by atoms with van der Waals surface area (Å²) in [6, 6.07) is 11.1. The lowest BCUT2D eigenvalue weighted by Gasteiger charge is -2.29. The van der Waals surface area contributed by atoms with E-state index in [-0.39, 0.29) is 17.1 Å². The summed E-state index contributed by atoms with van der Waals surface area (Å²) >= 11 is 0. The Balaban J connectivity index is 2.00. The molecular formula is C20H20N2O6S. The van der Waals surface area contributed by atoms with E-state index in [9.17, 15) is 23.3 Å². The molecule has 0 bridgehead atoms. The van der Waals surface area contributed by atoms with Gasteiger partial charge in [0, 0.05) is 18.7 Å². The molecule has 2 aromatic rings. The second-order valence-electron chi connectivity index (χ2n) is 6.66. The smallest absolute Gasteiger partial charge is 0.315 e. The van der Waals surface area contributed by atoms with Gasteiger partial charge in [0.15, 0.2) is 0 Å². The number of esters is 1.